The van der Waals surface area contributed by atoms with Crippen molar-refractivity contribution in [3.63, 3.8) is 0 Å². The van der Waals surface area contributed by atoms with E-state index >= 15 is 0 Å². The van der Waals surface area contributed by atoms with E-state index in [1.54, 1.807) is 0 Å². The Bertz CT molecular complexity index is 3250. The van der Waals surface area contributed by atoms with E-state index in [1.165, 1.54) is 54.2 Å². The zero-order valence-corrected chi connectivity index (χ0v) is 28.1. The van der Waals surface area contributed by atoms with Crippen LogP contribution in [0.25, 0.3) is 109 Å². The summed E-state index contributed by atoms with van der Waals surface area (Å²) in [5, 5.41) is 13.1. The molecule has 3 heterocycles. The number of pyridine rings is 3. The molecule has 3 aromatic heterocycles. The van der Waals surface area contributed by atoms with E-state index in [2.05, 4.69) is 163 Å². The molecule has 240 valence electrons. The second-order valence-corrected chi connectivity index (χ2v) is 13.5. The first-order valence-corrected chi connectivity index (χ1v) is 17.7. The predicted molar refractivity (Wildman–Crippen MR) is 219 cm³/mol. The molecule has 0 aliphatic carbocycles. The lowest BCUT2D eigenvalue weighted by atomic mass is 9.89. The van der Waals surface area contributed by atoms with Crippen LogP contribution in [0.3, 0.4) is 0 Å². The van der Waals surface area contributed by atoms with E-state index < -0.39 is 0 Å². The minimum absolute atomic E-state index is 0.923. The molecule has 0 fully saturated rings. The highest BCUT2D eigenvalue weighted by Gasteiger charge is 2.18. The van der Waals surface area contributed by atoms with Gasteiger partial charge in [0.05, 0.1) is 22.2 Å². The maximum Gasteiger partial charge on any atom is 0.0970 e. The third-order valence-electron chi connectivity index (χ3n) is 10.7. The lowest BCUT2D eigenvalue weighted by molar-refractivity contribution is 1.37. The summed E-state index contributed by atoms with van der Waals surface area (Å²) in [6.45, 7) is 0. The molecular weight excluding hydrogens is 631 g/mol. The van der Waals surface area contributed by atoms with Crippen LogP contribution in [0, 0.1) is 0 Å². The number of fused-ring (bicyclic) bond motifs is 12. The molecule has 0 amide bonds. The molecule has 0 radical (unpaired) electrons. The first-order valence-electron chi connectivity index (χ1n) is 17.7. The van der Waals surface area contributed by atoms with Gasteiger partial charge in [-0.1, -0.05) is 146 Å². The van der Waals surface area contributed by atoms with Crippen molar-refractivity contribution in [1.29, 1.82) is 0 Å². The molecular formula is C49H29N3. The molecule has 0 saturated carbocycles. The standard InChI is InChI=1S/C49H29N3/c1-2-15-35-34(14-1)33(24-25-38(35)39-26-28-51-49-44(39)23-22-30-13-10-27-50-47(30)49)31-11-9-12-32(29-31)46-43-21-8-6-19-41(43)45-40-18-5-3-16-36(40)37-17-4-7-20-42(37)48(45)52-46/h1-29H. The molecule has 0 spiro atoms. The van der Waals surface area contributed by atoms with Gasteiger partial charge in [0.15, 0.2) is 0 Å². The summed E-state index contributed by atoms with van der Waals surface area (Å²) in [7, 11) is 0. The Kier molecular flexibility index (Phi) is 6.25. The van der Waals surface area contributed by atoms with Gasteiger partial charge in [0.2, 0.25) is 0 Å². The Hall–Kier alpha value is -6.97. The predicted octanol–water partition coefficient (Wildman–Crippen LogP) is 12.9. The fourth-order valence-electron chi connectivity index (χ4n) is 8.42. The maximum atomic E-state index is 5.54. The fourth-order valence-corrected chi connectivity index (χ4v) is 8.42. The van der Waals surface area contributed by atoms with Gasteiger partial charge in [-0.15, -0.1) is 0 Å². The van der Waals surface area contributed by atoms with Gasteiger partial charge in [0.1, 0.15) is 0 Å². The normalized spacial score (nSPS) is 11.8. The van der Waals surface area contributed by atoms with E-state index in [4.69, 9.17) is 9.97 Å². The molecule has 0 aliphatic rings. The number of rotatable bonds is 3. The highest BCUT2D eigenvalue weighted by atomic mass is 14.7. The monoisotopic (exact) mass is 659 g/mol. The van der Waals surface area contributed by atoms with Crippen molar-refractivity contribution in [3.05, 3.63) is 176 Å². The topological polar surface area (TPSA) is 38.7 Å². The van der Waals surface area contributed by atoms with Gasteiger partial charge in [-0.25, -0.2) is 4.98 Å². The van der Waals surface area contributed by atoms with Crippen LogP contribution in [0.4, 0.5) is 0 Å². The van der Waals surface area contributed by atoms with Crippen LogP contribution in [0.1, 0.15) is 0 Å². The van der Waals surface area contributed by atoms with Crippen LogP contribution < -0.4 is 0 Å². The number of hydrogen-bond donors (Lipinski definition) is 0. The Balaban J connectivity index is 1.13. The van der Waals surface area contributed by atoms with Crippen molar-refractivity contribution in [2.45, 2.75) is 0 Å². The second kappa shape index (κ2) is 11.3. The molecule has 0 bridgehead atoms. The summed E-state index contributed by atoms with van der Waals surface area (Å²) in [6, 6.07) is 58.8. The molecule has 11 aromatic rings. The van der Waals surface area contributed by atoms with Crippen LogP contribution in [0.15, 0.2) is 176 Å². The van der Waals surface area contributed by atoms with E-state index in [1.807, 2.05) is 18.5 Å². The van der Waals surface area contributed by atoms with Crippen molar-refractivity contribution in [2.24, 2.45) is 0 Å². The van der Waals surface area contributed by atoms with Gasteiger partial charge in [-0.05, 0) is 72.8 Å². The molecule has 52 heavy (non-hydrogen) atoms. The average molecular weight is 660 g/mol. The minimum atomic E-state index is 0.923. The Morgan fingerprint density at radius 3 is 1.71 bits per heavy atom. The largest absolute Gasteiger partial charge is 0.254 e. The van der Waals surface area contributed by atoms with Gasteiger partial charge in [0.25, 0.3) is 0 Å². The van der Waals surface area contributed by atoms with Crippen LogP contribution >= 0.6 is 0 Å². The molecule has 0 aliphatic heterocycles. The molecule has 0 unspecified atom stereocenters. The SMILES string of the molecule is c1cc(-c2ccc(-c3ccnc4c3ccc3cccnc34)c3ccccc23)cc(-c2nc3c4ccccc4c4ccccc4c3c3ccccc23)c1. The van der Waals surface area contributed by atoms with Gasteiger partial charge < -0.3 is 0 Å². The van der Waals surface area contributed by atoms with E-state index in [0.717, 1.165) is 55.1 Å². The second-order valence-electron chi connectivity index (χ2n) is 13.5. The molecule has 0 N–H and O–H groups in total. The van der Waals surface area contributed by atoms with E-state index in [0.29, 0.717) is 0 Å². The smallest absolute Gasteiger partial charge is 0.0970 e. The van der Waals surface area contributed by atoms with Gasteiger partial charge in [-0.2, -0.15) is 0 Å². The van der Waals surface area contributed by atoms with E-state index in [-0.39, 0.29) is 0 Å². The Labute approximate surface area is 299 Å². The summed E-state index contributed by atoms with van der Waals surface area (Å²) in [4.78, 5) is 15.0. The average Bonchev–Trinajstić information content (AvgIpc) is 3.22. The molecule has 0 saturated heterocycles. The van der Waals surface area contributed by atoms with Crippen LogP contribution in [-0.2, 0) is 0 Å². The third kappa shape index (κ3) is 4.23. The number of hydrogen-bond acceptors (Lipinski definition) is 3. The van der Waals surface area contributed by atoms with Gasteiger partial charge in [-0.3, -0.25) is 9.97 Å². The molecule has 11 rings (SSSR count). The zero-order valence-electron chi connectivity index (χ0n) is 28.1. The van der Waals surface area contributed by atoms with Crippen molar-refractivity contribution in [2.75, 3.05) is 0 Å². The summed E-state index contributed by atoms with van der Waals surface area (Å²) < 4.78 is 0. The van der Waals surface area contributed by atoms with Crippen molar-refractivity contribution < 1.29 is 0 Å². The summed E-state index contributed by atoms with van der Waals surface area (Å²) >= 11 is 0. The molecule has 3 nitrogen and oxygen atoms in total. The summed E-state index contributed by atoms with van der Waals surface area (Å²) in [6.07, 6.45) is 3.75. The summed E-state index contributed by atoms with van der Waals surface area (Å²) in [5.74, 6) is 0. The van der Waals surface area contributed by atoms with Crippen molar-refractivity contribution in [3.8, 4) is 33.5 Å². The quantitative estimate of drug-likeness (QED) is 0.177. The number of benzene rings is 8. The van der Waals surface area contributed by atoms with Crippen LogP contribution in [-0.4, -0.2) is 15.0 Å². The Morgan fingerprint density at radius 1 is 0.308 bits per heavy atom. The third-order valence-corrected chi connectivity index (χ3v) is 10.7. The number of aromatic nitrogens is 3. The van der Waals surface area contributed by atoms with Gasteiger partial charge >= 0.3 is 0 Å². The zero-order chi connectivity index (χ0) is 34.2. The first kappa shape index (κ1) is 28.8. The van der Waals surface area contributed by atoms with Crippen molar-refractivity contribution in [1.82, 2.24) is 15.0 Å². The molecule has 0 atom stereocenters. The van der Waals surface area contributed by atoms with Gasteiger partial charge in [0, 0.05) is 44.9 Å². The van der Waals surface area contributed by atoms with Crippen molar-refractivity contribution >= 4 is 75.8 Å². The molecule has 3 heteroatoms. The first-order chi connectivity index (χ1) is 25.8. The lowest BCUT2D eigenvalue weighted by Crippen LogP contribution is -1.93. The lowest BCUT2D eigenvalue weighted by Gasteiger charge is -2.16. The Morgan fingerprint density at radius 2 is 0.904 bits per heavy atom. The van der Waals surface area contributed by atoms with Crippen LogP contribution in [0.2, 0.25) is 0 Å². The fraction of sp³-hybridized carbons (Fsp3) is 0. The minimum Gasteiger partial charge on any atom is -0.254 e. The summed E-state index contributed by atoms with van der Waals surface area (Å²) in [5.41, 5.74) is 9.66. The maximum absolute atomic E-state index is 5.54. The highest BCUT2D eigenvalue weighted by Crippen LogP contribution is 2.43. The van der Waals surface area contributed by atoms with Crippen LogP contribution in [0.5, 0.6) is 0 Å². The molecule has 8 aromatic carbocycles. The van der Waals surface area contributed by atoms with E-state index in [9.17, 15) is 0 Å². The number of nitrogens with zero attached hydrogens (tertiary/aromatic N) is 3. The highest BCUT2D eigenvalue weighted by molar-refractivity contribution is 6.31.